The summed E-state index contributed by atoms with van der Waals surface area (Å²) in [6.07, 6.45) is 0.827. The van der Waals surface area contributed by atoms with Gasteiger partial charge in [-0.1, -0.05) is 24.3 Å². The summed E-state index contributed by atoms with van der Waals surface area (Å²) in [5.74, 6) is 2.38. The van der Waals surface area contributed by atoms with E-state index in [2.05, 4.69) is 9.97 Å². The fraction of sp³-hybridized carbons (Fsp3) is 0.300. The number of fused-ring (bicyclic) bond motifs is 2. The highest BCUT2D eigenvalue weighted by Gasteiger charge is 2.23. The number of likely N-dealkylation sites (N-methyl/N-ethyl adjacent to an activating group) is 1. The fourth-order valence-corrected chi connectivity index (χ4v) is 3.10. The molecule has 2 heterocycles. The van der Waals surface area contributed by atoms with E-state index in [1.807, 2.05) is 48.5 Å². The van der Waals surface area contributed by atoms with Crippen molar-refractivity contribution < 1.29 is 14.3 Å². The van der Waals surface area contributed by atoms with Gasteiger partial charge in [-0.05, 0) is 24.3 Å². The number of ether oxygens (including phenoxy) is 2. The minimum Gasteiger partial charge on any atom is -0.486 e. The number of H-pyrrole nitrogens is 1. The first-order chi connectivity index (χ1) is 12.7. The van der Waals surface area contributed by atoms with Gasteiger partial charge in [0.05, 0.1) is 17.6 Å². The van der Waals surface area contributed by atoms with Crippen molar-refractivity contribution in [2.24, 2.45) is 0 Å². The summed E-state index contributed by atoms with van der Waals surface area (Å²) in [6, 6.07) is 15.4. The van der Waals surface area contributed by atoms with Crippen LogP contribution in [-0.4, -0.2) is 47.1 Å². The third kappa shape index (κ3) is 3.49. The highest BCUT2D eigenvalue weighted by atomic mass is 16.6. The number of carbonyl (C=O) groups is 1. The third-order valence-electron chi connectivity index (χ3n) is 4.48. The van der Waals surface area contributed by atoms with Crippen LogP contribution < -0.4 is 9.47 Å². The number of aromatic amines is 1. The van der Waals surface area contributed by atoms with Gasteiger partial charge in [0.2, 0.25) is 5.91 Å². The Morgan fingerprint density at radius 1 is 1.19 bits per heavy atom. The van der Waals surface area contributed by atoms with Gasteiger partial charge < -0.3 is 19.4 Å². The van der Waals surface area contributed by atoms with E-state index >= 15 is 0 Å². The molecule has 0 unspecified atom stereocenters. The van der Waals surface area contributed by atoms with Crippen LogP contribution >= 0.6 is 0 Å². The molecule has 0 saturated carbocycles. The molecule has 0 saturated heterocycles. The van der Waals surface area contributed by atoms with Crippen LogP contribution in [0.1, 0.15) is 12.2 Å². The number of aromatic nitrogens is 2. The Hall–Kier alpha value is -3.02. The summed E-state index contributed by atoms with van der Waals surface area (Å²) in [4.78, 5) is 21.9. The van der Waals surface area contributed by atoms with Crippen molar-refractivity contribution >= 4 is 16.9 Å². The van der Waals surface area contributed by atoms with Crippen LogP contribution in [0.3, 0.4) is 0 Å². The van der Waals surface area contributed by atoms with E-state index < -0.39 is 0 Å². The Labute approximate surface area is 151 Å². The Balaban J connectivity index is 1.30. The van der Waals surface area contributed by atoms with Gasteiger partial charge in [-0.3, -0.25) is 4.79 Å². The molecule has 0 radical (unpaired) electrons. The van der Waals surface area contributed by atoms with Gasteiger partial charge in [0.1, 0.15) is 12.4 Å². The standard InChI is InChI=1S/C20H21N3O3/c1-23(12-14-13-25-17-8-4-5-9-18(17)26-14)20(24)11-10-19-21-15-6-2-3-7-16(15)22-19/h2-9,14H,10-13H2,1H3,(H,21,22)/t14-/m1/s1. The van der Waals surface area contributed by atoms with Crippen LogP contribution in [0.15, 0.2) is 48.5 Å². The van der Waals surface area contributed by atoms with Crippen molar-refractivity contribution in [3.63, 3.8) is 0 Å². The number of nitrogens with one attached hydrogen (secondary N) is 1. The van der Waals surface area contributed by atoms with Gasteiger partial charge in [-0.25, -0.2) is 4.98 Å². The van der Waals surface area contributed by atoms with E-state index in [-0.39, 0.29) is 12.0 Å². The predicted molar refractivity (Wildman–Crippen MR) is 98.4 cm³/mol. The Kier molecular flexibility index (Phi) is 4.48. The number of carbonyl (C=O) groups excluding carboxylic acids is 1. The molecule has 0 spiro atoms. The van der Waals surface area contributed by atoms with Gasteiger partial charge in [0, 0.05) is 19.9 Å². The molecule has 6 nitrogen and oxygen atoms in total. The van der Waals surface area contributed by atoms with Crippen molar-refractivity contribution in [3.8, 4) is 11.5 Å². The lowest BCUT2D eigenvalue weighted by molar-refractivity contribution is -0.131. The molecular weight excluding hydrogens is 330 g/mol. The first kappa shape index (κ1) is 16.4. The van der Waals surface area contributed by atoms with Gasteiger partial charge in [-0.2, -0.15) is 0 Å². The van der Waals surface area contributed by atoms with Crippen LogP contribution in [0, 0.1) is 0 Å². The molecular formula is C20H21N3O3. The van der Waals surface area contributed by atoms with Crippen LogP contribution in [0.25, 0.3) is 11.0 Å². The Morgan fingerprint density at radius 3 is 2.81 bits per heavy atom. The lowest BCUT2D eigenvalue weighted by atomic mass is 10.2. The lowest BCUT2D eigenvalue weighted by Crippen LogP contribution is -2.41. The molecule has 0 fully saturated rings. The minimum absolute atomic E-state index is 0.0629. The minimum atomic E-state index is -0.162. The average molecular weight is 351 g/mol. The monoisotopic (exact) mass is 351 g/mol. The topological polar surface area (TPSA) is 67.5 Å². The zero-order chi connectivity index (χ0) is 17.9. The van der Waals surface area contributed by atoms with Gasteiger partial charge in [-0.15, -0.1) is 0 Å². The Bertz CT molecular complexity index is 888. The van der Waals surface area contributed by atoms with E-state index in [9.17, 15) is 4.79 Å². The average Bonchev–Trinajstić information content (AvgIpc) is 3.09. The molecule has 1 aliphatic rings. The third-order valence-corrected chi connectivity index (χ3v) is 4.48. The number of benzene rings is 2. The molecule has 0 aliphatic carbocycles. The van der Waals surface area contributed by atoms with Crippen molar-refractivity contribution in [1.29, 1.82) is 0 Å². The van der Waals surface area contributed by atoms with Crippen molar-refractivity contribution in [1.82, 2.24) is 14.9 Å². The first-order valence-electron chi connectivity index (χ1n) is 8.75. The normalized spacial score (nSPS) is 15.8. The molecule has 134 valence electrons. The number of para-hydroxylation sites is 4. The summed E-state index contributed by atoms with van der Waals surface area (Å²) in [7, 11) is 1.80. The largest absolute Gasteiger partial charge is 0.486 e. The summed E-state index contributed by atoms with van der Waals surface area (Å²) >= 11 is 0. The maximum Gasteiger partial charge on any atom is 0.222 e. The maximum absolute atomic E-state index is 12.4. The number of imidazole rings is 1. The highest BCUT2D eigenvalue weighted by molar-refractivity contribution is 5.77. The predicted octanol–water partition coefficient (Wildman–Crippen LogP) is 2.79. The van der Waals surface area contributed by atoms with Gasteiger partial charge >= 0.3 is 0 Å². The van der Waals surface area contributed by atoms with Crippen LogP contribution in [0.5, 0.6) is 11.5 Å². The maximum atomic E-state index is 12.4. The second-order valence-corrected chi connectivity index (χ2v) is 6.47. The molecule has 1 aliphatic heterocycles. The van der Waals surface area contributed by atoms with Gasteiger partial charge in [0.25, 0.3) is 0 Å². The smallest absolute Gasteiger partial charge is 0.222 e. The van der Waals surface area contributed by atoms with E-state index in [1.165, 1.54) is 0 Å². The highest BCUT2D eigenvalue weighted by Crippen LogP contribution is 2.30. The number of amides is 1. The molecule has 1 amide bonds. The quantitative estimate of drug-likeness (QED) is 0.767. The molecule has 1 N–H and O–H groups in total. The first-order valence-corrected chi connectivity index (χ1v) is 8.75. The lowest BCUT2D eigenvalue weighted by Gasteiger charge is -2.29. The summed E-state index contributed by atoms with van der Waals surface area (Å²) in [5, 5.41) is 0. The molecule has 3 aromatic rings. The Morgan fingerprint density at radius 2 is 1.96 bits per heavy atom. The van der Waals surface area contributed by atoms with E-state index in [0.717, 1.165) is 28.4 Å². The molecule has 1 atom stereocenters. The number of aryl methyl sites for hydroxylation is 1. The zero-order valence-electron chi connectivity index (χ0n) is 14.6. The van der Waals surface area contributed by atoms with Gasteiger partial charge in [0.15, 0.2) is 17.6 Å². The number of nitrogens with zero attached hydrogens (tertiary/aromatic N) is 2. The van der Waals surface area contributed by atoms with Crippen LogP contribution in [-0.2, 0) is 11.2 Å². The van der Waals surface area contributed by atoms with Crippen molar-refractivity contribution in [2.75, 3.05) is 20.2 Å². The second-order valence-electron chi connectivity index (χ2n) is 6.47. The van der Waals surface area contributed by atoms with Crippen LogP contribution in [0.2, 0.25) is 0 Å². The summed E-state index contributed by atoms with van der Waals surface area (Å²) in [6.45, 7) is 0.936. The van der Waals surface area contributed by atoms with Crippen molar-refractivity contribution in [2.45, 2.75) is 18.9 Å². The summed E-state index contributed by atoms with van der Waals surface area (Å²) < 4.78 is 11.6. The second kappa shape index (κ2) is 7.07. The fourth-order valence-electron chi connectivity index (χ4n) is 3.10. The molecule has 1 aromatic heterocycles. The SMILES string of the molecule is CN(C[C@@H]1COc2ccccc2O1)C(=O)CCc1nc2ccccc2[nH]1. The molecule has 0 bridgehead atoms. The van der Waals surface area contributed by atoms with E-state index in [0.29, 0.717) is 26.0 Å². The molecule has 6 heteroatoms. The number of rotatable bonds is 5. The van der Waals surface area contributed by atoms with E-state index in [1.54, 1.807) is 11.9 Å². The van der Waals surface area contributed by atoms with Crippen LogP contribution in [0.4, 0.5) is 0 Å². The number of hydrogen-bond acceptors (Lipinski definition) is 4. The van der Waals surface area contributed by atoms with E-state index in [4.69, 9.17) is 9.47 Å². The molecule has 26 heavy (non-hydrogen) atoms. The zero-order valence-corrected chi connectivity index (χ0v) is 14.6. The summed E-state index contributed by atoms with van der Waals surface area (Å²) in [5.41, 5.74) is 1.92. The van der Waals surface area contributed by atoms with Crippen molar-refractivity contribution in [3.05, 3.63) is 54.4 Å². The number of hydrogen-bond donors (Lipinski definition) is 1. The molecule has 2 aromatic carbocycles. The molecule has 4 rings (SSSR count).